The van der Waals surface area contributed by atoms with Crippen molar-refractivity contribution in [2.45, 2.75) is 44.3 Å². The summed E-state index contributed by atoms with van der Waals surface area (Å²) >= 11 is 0. The third kappa shape index (κ3) is 3.50. The molecule has 1 aromatic carbocycles. The van der Waals surface area contributed by atoms with Gasteiger partial charge >= 0.3 is 0 Å². The third-order valence-electron chi connectivity index (χ3n) is 5.89. The van der Waals surface area contributed by atoms with Gasteiger partial charge in [-0.1, -0.05) is 30.3 Å². The van der Waals surface area contributed by atoms with Crippen molar-refractivity contribution >= 4 is 5.91 Å². The van der Waals surface area contributed by atoms with E-state index in [1.807, 2.05) is 4.90 Å². The highest BCUT2D eigenvalue weighted by Gasteiger charge is 2.43. The summed E-state index contributed by atoms with van der Waals surface area (Å²) < 4.78 is 6.19. The van der Waals surface area contributed by atoms with Gasteiger partial charge in [-0.2, -0.15) is 0 Å². The Kier molecular flexibility index (Phi) is 4.86. The zero-order chi connectivity index (χ0) is 16.4. The predicted octanol–water partition coefficient (Wildman–Crippen LogP) is 2.33. The molecule has 1 aromatic rings. The first kappa shape index (κ1) is 16.1. The Balaban J connectivity index is 1.28. The van der Waals surface area contributed by atoms with Crippen molar-refractivity contribution in [1.82, 2.24) is 9.80 Å². The van der Waals surface area contributed by atoms with E-state index in [1.54, 1.807) is 0 Å². The lowest BCUT2D eigenvalue weighted by Crippen LogP contribution is -2.43. The standard InChI is InChI=1S/C20H28N2O2/c23-20(22-10-4-5-11-22)18-14-17-9-13-21(15-19(17)24-18)12-8-16-6-2-1-3-7-16/h1-3,6-7,17-19H,4-5,8-15H2/t17-,18+,19+/m1/s1. The van der Waals surface area contributed by atoms with Gasteiger partial charge in [-0.05, 0) is 50.1 Å². The molecular formula is C20H28N2O2. The predicted molar refractivity (Wildman–Crippen MR) is 93.8 cm³/mol. The number of amides is 1. The van der Waals surface area contributed by atoms with Crippen molar-refractivity contribution in [3.63, 3.8) is 0 Å². The summed E-state index contributed by atoms with van der Waals surface area (Å²) in [6.45, 7) is 5.07. The fraction of sp³-hybridized carbons (Fsp3) is 0.650. The minimum atomic E-state index is -0.174. The molecule has 0 bridgehead atoms. The largest absolute Gasteiger partial charge is 0.364 e. The van der Waals surface area contributed by atoms with E-state index in [0.29, 0.717) is 5.92 Å². The average Bonchev–Trinajstić information content (AvgIpc) is 3.29. The molecule has 0 saturated carbocycles. The maximum atomic E-state index is 12.6. The van der Waals surface area contributed by atoms with E-state index < -0.39 is 0 Å². The van der Waals surface area contributed by atoms with Crippen LogP contribution in [0.15, 0.2) is 30.3 Å². The van der Waals surface area contributed by atoms with Gasteiger partial charge in [-0.15, -0.1) is 0 Å². The molecule has 3 fully saturated rings. The Hall–Kier alpha value is -1.39. The first-order valence-electron chi connectivity index (χ1n) is 9.50. The van der Waals surface area contributed by atoms with Crippen molar-refractivity contribution in [3.8, 4) is 0 Å². The molecule has 1 amide bonds. The highest BCUT2D eigenvalue weighted by atomic mass is 16.5. The quantitative estimate of drug-likeness (QED) is 0.850. The number of carbonyl (C=O) groups excluding carboxylic acids is 1. The van der Waals surface area contributed by atoms with Crippen LogP contribution in [0.2, 0.25) is 0 Å². The summed E-state index contributed by atoms with van der Waals surface area (Å²) in [5.41, 5.74) is 1.40. The molecule has 24 heavy (non-hydrogen) atoms. The van der Waals surface area contributed by atoms with Gasteiger partial charge in [-0.3, -0.25) is 4.79 Å². The number of carbonyl (C=O) groups is 1. The van der Waals surface area contributed by atoms with E-state index in [4.69, 9.17) is 4.74 Å². The number of piperidine rings is 1. The van der Waals surface area contributed by atoms with Gasteiger partial charge in [0.1, 0.15) is 6.10 Å². The molecule has 3 aliphatic rings. The van der Waals surface area contributed by atoms with Gasteiger partial charge < -0.3 is 14.5 Å². The monoisotopic (exact) mass is 328 g/mol. The summed E-state index contributed by atoms with van der Waals surface area (Å²) in [5, 5.41) is 0. The molecule has 3 heterocycles. The van der Waals surface area contributed by atoms with Gasteiger partial charge in [0.2, 0.25) is 0 Å². The Labute approximate surface area is 144 Å². The number of hydrogen-bond acceptors (Lipinski definition) is 3. The van der Waals surface area contributed by atoms with E-state index in [9.17, 15) is 4.79 Å². The van der Waals surface area contributed by atoms with Crippen LogP contribution in [0.5, 0.6) is 0 Å². The number of fused-ring (bicyclic) bond motifs is 1. The second-order valence-corrected chi connectivity index (χ2v) is 7.52. The molecule has 3 saturated heterocycles. The molecule has 4 rings (SSSR count). The molecule has 3 aliphatic heterocycles. The lowest BCUT2D eigenvalue weighted by atomic mass is 9.91. The molecule has 0 radical (unpaired) electrons. The summed E-state index contributed by atoms with van der Waals surface area (Å²) in [5.74, 6) is 0.826. The van der Waals surface area contributed by atoms with Crippen molar-refractivity contribution in [1.29, 1.82) is 0 Å². The second kappa shape index (κ2) is 7.24. The smallest absolute Gasteiger partial charge is 0.251 e. The fourth-order valence-corrected chi connectivity index (χ4v) is 4.43. The van der Waals surface area contributed by atoms with Crippen LogP contribution in [0.4, 0.5) is 0 Å². The molecule has 0 aliphatic carbocycles. The van der Waals surface area contributed by atoms with Gasteiger partial charge in [-0.25, -0.2) is 0 Å². The summed E-state index contributed by atoms with van der Waals surface area (Å²) in [6, 6.07) is 10.7. The van der Waals surface area contributed by atoms with Crippen molar-refractivity contribution in [2.75, 3.05) is 32.7 Å². The number of hydrogen-bond donors (Lipinski definition) is 0. The molecule has 4 nitrogen and oxygen atoms in total. The van der Waals surface area contributed by atoms with Crippen LogP contribution < -0.4 is 0 Å². The Morgan fingerprint density at radius 1 is 1.12 bits per heavy atom. The third-order valence-corrected chi connectivity index (χ3v) is 5.89. The van der Waals surface area contributed by atoms with Gasteiger partial charge in [0.25, 0.3) is 5.91 Å². The van der Waals surface area contributed by atoms with E-state index in [1.165, 1.54) is 12.0 Å². The molecule has 3 atom stereocenters. The number of nitrogens with zero attached hydrogens (tertiary/aromatic N) is 2. The molecule has 130 valence electrons. The fourth-order valence-electron chi connectivity index (χ4n) is 4.43. The van der Waals surface area contributed by atoms with Crippen molar-refractivity contribution in [3.05, 3.63) is 35.9 Å². The summed E-state index contributed by atoms with van der Waals surface area (Å²) in [6.07, 6.45) is 5.58. The van der Waals surface area contributed by atoms with Crippen LogP contribution in [0.1, 0.15) is 31.2 Å². The van der Waals surface area contributed by atoms with Crippen LogP contribution >= 0.6 is 0 Å². The topological polar surface area (TPSA) is 32.8 Å². The maximum Gasteiger partial charge on any atom is 0.251 e. The van der Waals surface area contributed by atoms with Crippen LogP contribution in [-0.4, -0.2) is 60.6 Å². The molecule has 0 N–H and O–H groups in total. The number of rotatable bonds is 4. The van der Waals surface area contributed by atoms with Crippen LogP contribution in [0.3, 0.4) is 0 Å². The first-order chi connectivity index (χ1) is 11.8. The lowest BCUT2D eigenvalue weighted by molar-refractivity contribution is -0.142. The second-order valence-electron chi connectivity index (χ2n) is 7.52. The van der Waals surface area contributed by atoms with E-state index in [-0.39, 0.29) is 18.1 Å². The normalized spacial score (nSPS) is 30.5. The summed E-state index contributed by atoms with van der Waals surface area (Å²) in [7, 11) is 0. The minimum Gasteiger partial charge on any atom is -0.364 e. The van der Waals surface area contributed by atoms with E-state index in [2.05, 4.69) is 35.2 Å². The van der Waals surface area contributed by atoms with Crippen molar-refractivity contribution < 1.29 is 9.53 Å². The van der Waals surface area contributed by atoms with Gasteiger partial charge in [0, 0.05) is 26.2 Å². The summed E-state index contributed by atoms with van der Waals surface area (Å²) in [4.78, 5) is 17.1. The van der Waals surface area contributed by atoms with E-state index in [0.717, 1.165) is 58.4 Å². The van der Waals surface area contributed by atoms with Crippen LogP contribution in [-0.2, 0) is 16.0 Å². The SMILES string of the molecule is O=C([C@@H]1C[C@H]2CCN(CCc3ccccc3)C[C@@H]2O1)N1CCCC1. The molecule has 4 heteroatoms. The highest BCUT2D eigenvalue weighted by molar-refractivity contribution is 5.81. The number of ether oxygens (including phenoxy) is 1. The molecule has 0 unspecified atom stereocenters. The molecule has 0 aromatic heterocycles. The Morgan fingerprint density at radius 3 is 2.71 bits per heavy atom. The average molecular weight is 328 g/mol. The minimum absolute atomic E-state index is 0.174. The maximum absolute atomic E-state index is 12.6. The van der Waals surface area contributed by atoms with Crippen LogP contribution in [0.25, 0.3) is 0 Å². The zero-order valence-corrected chi connectivity index (χ0v) is 14.4. The Bertz CT molecular complexity index is 556. The van der Waals surface area contributed by atoms with Crippen LogP contribution in [0, 0.1) is 5.92 Å². The first-order valence-corrected chi connectivity index (χ1v) is 9.50. The van der Waals surface area contributed by atoms with Crippen molar-refractivity contribution in [2.24, 2.45) is 5.92 Å². The zero-order valence-electron chi connectivity index (χ0n) is 14.4. The van der Waals surface area contributed by atoms with Gasteiger partial charge in [0.15, 0.2) is 0 Å². The molecule has 0 spiro atoms. The lowest BCUT2D eigenvalue weighted by Gasteiger charge is -2.34. The number of benzene rings is 1. The number of likely N-dealkylation sites (tertiary alicyclic amines) is 2. The van der Waals surface area contributed by atoms with E-state index >= 15 is 0 Å². The highest BCUT2D eigenvalue weighted by Crippen LogP contribution is 2.34. The Morgan fingerprint density at radius 2 is 1.92 bits per heavy atom. The van der Waals surface area contributed by atoms with Gasteiger partial charge in [0.05, 0.1) is 6.10 Å². The molecular weight excluding hydrogens is 300 g/mol.